The summed E-state index contributed by atoms with van der Waals surface area (Å²) < 4.78 is 10.7. The fourth-order valence-electron chi connectivity index (χ4n) is 3.49. The number of carbonyl (C=O) groups is 2. The van der Waals surface area contributed by atoms with Crippen LogP contribution in [0.15, 0.2) is 42.5 Å². The highest BCUT2D eigenvalue weighted by Crippen LogP contribution is 2.30. The highest BCUT2D eigenvalue weighted by molar-refractivity contribution is 7.80. The van der Waals surface area contributed by atoms with E-state index in [1.807, 2.05) is 19.1 Å². The van der Waals surface area contributed by atoms with Crippen LogP contribution in [0.25, 0.3) is 0 Å². The standard InChI is InChI=1S/C22H24ClN3O4S/c1-4-25-21(28)17(12-20(27)24-16-7-5-6-15(23)11-16)26(22(25)31)13-14-8-9-18(29-2)19(10-14)30-3/h5-11,17H,4,12-13H2,1-3H3,(H,24,27). The molecule has 0 spiro atoms. The van der Waals surface area contributed by atoms with Crippen molar-refractivity contribution in [2.45, 2.75) is 25.9 Å². The van der Waals surface area contributed by atoms with Gasteiger partial charge in [-0.2, -0.15) is 0 Å². The fraction of sp³-hybridized carbons (Fsp3) is 0.318. The zero-order valence-electron chi connectivity index (χ0n) is 17.6. The molecule has 164 valence electrons. The van der Waals surface area contributed by atoms with Crippen molar-refractivity contribution < 1.29 is 19.1 Å². The Hall–Kier alpha value is -2.84. The number of hydrogen-bond acceptors (Lipinski definition) is 5. The Morgan fingerprint density at radius 1 is 1.16 bits per heavy atom. The summed E-state index contributed by atoms with van der Waals surface area (Å²) in [4.78, 5) is 28.9. The molecule has 1 saturated heterocycles. The molecule has 1 heterocycles. The molecule has 0 aromatic heterocycles. The van der Waals surface area contributed by atoms with E-state index < -0.39 is 6.04 Å². The molecule has 0 aliphatic carbocycles. The molecule has 1 fully saturated rings. The number of rotatable bonds is 8. The lowest BCUT2D eigenvalue weighted by atomic mass is 10.1. The average Bonchev–Trinajstić information content (AvgIpc) is 2.96. The number of thiocarbonyl (C=S) groups is 1. The summed E-state index contributed by atoms with van der Waals surface area (Å²) in [7, 11) is 3.13. The van der Waals surface area contributed by atoms with Crippen molar-refractivity contribution >= 4 is 46.4 Å². The zero-order chi connectivity index (χ0) is 22.5. The predicted octanol–water partition coefficient (Wildman–Crippen LogP) is 3.70. The maximum Gasteiger partial charge on any atom is 0.252 e. The highest BCUT2D eigenvalue weighted by Gasteiger charge is 2.42. The van der Waals surface area contributed by atoms with Crippen molar-refractivity contribution in [1.82, 2.24) is 9.80 Å². The summed E-state index contributed by atoms with van der Waals surface area (Å²) in [5.74, 6) is 0.714. The number of benzene rings is 2. The molecule has 1 unspecified atom stereocenters. The minimum atomic E-state index is -0.695. The minimum absolute atomic E-state index is 0.0325. The Balaban J connectivity index is 1.80. The first kappa shape index (κ1) is 22.8. The first-order valence-corrected chi connectivity index (χ1v) is 10.5. The third kappa shape index (κ3) is 5.08. The van der Waals surface area contributed by atoms with Crippen LogP contribution in [-0.2, 0) is 16.1 Å². The summed E-state index contributed by atoms with van der Waals surface area (Å²) in [6, 6.07) is 11.7. The summed E-state index contributed by atoms with van der Waals surface area (Å²) >= 11 is 11.5. The van der Waals surface area contributed by atoms with E-state index in [-0.39, 0.29) is 18.2 Å². The second-order valence-corrected chi connectivity index (χ2v) is 7.76. The monoisotopic (exact) mass is 461 g/mol. The molecule has 2 aromatic rings. The van der Waals surface area contributed by atoms with E-state index in [1.165, 1.54) is 4.90 Å². The van der Waals surface area contributed by atoms with E-state index in [4.69, 9.17) is 33.3 Å². The fourth-order valence-corrected chi connectivity index (χ4v) is 4.09. The Bertz CT molecular complexity index is 1000. The van der Waals surface area contributed by atoms with Gasteiger partial charge in [0.2, 0.25) is 5.91 Å². The van der Waals surface area contributed by atoms with Crippen LogP contribution in [0.5, 0.6) is 11.5 Å². The quantitative estimate of drug-likeness (QED) is 0.604. The summed E-state index contributed by atoms with van der Waals surface area (Å²) in [5.41, 5.74) is 1.45. The van der Waals surface area contributed by atoms with Crippen molar-refractivity contribution in [1.29, 1.82) is 0 Å². The topological polar surface area (TPSA) is 71.1 Å². The Morgan fingerprint density at radius 2 is 1.90 bits per heavy atom. The van der Waals surface area contributed by atoms with Gasteiger partial charge in [-0.3, -0.25) is 14.5 Å². The van der Waals surface area contributed by atoms with Crippen molar-refractivity contribution in [2.24, 2.45) is 0 Å². The largest absolute Gasteiger partial charge is 0.493 e. The minimum Gasteiger partial charge on any atom is -0.493 e. The number of nitrogens with one attached hydrogen (secondary N) is 1. The van der Waals surface area contributed by atoms with Crippen molar-refractivity contribution in [3.05, 3.63) is 53.1 Å². The molecule has 7 nitrogen and oxygen atoms in total. The molecule has 31 heavy (non-hydrogen) atoms. The first-order chi connectivity index (χ1) is 14.9. The van der Waals surface area contributed by atoms with E-state index in [0.29, 0.717) is 40.4 Å². The van der Waals surface area contributed by atoms with Gasteiger partial charge in [0, 0.05) is 23.8 Å². The van der Waals surface area contributed by atoms with Crippen LogP contribution in [-0.4, -0.2) is 53.5 Å². The molecule has 1 N–H and O–H groups in total. The number of methoxy groups -OCH3 is 2. The number of ether oxygens (including phenoxy) is 2. The van der Waals surface area contributed by atoms with Crippen LogP contribution in [0.2, 0.25) is 5.02 Å². The average molecular weight is 462 g/mol. The molecule has 3 rings (SSSR count). The molecule has 1 atom stereocenters. The number of nitrogens with zero attached hydrogens (tertiary/aromatic N) is 2. The van der Waals surface area contributed by atoms with Crippen LogP contribution in [0, 0.1) is 0 Å². The molecule has 2 amide bonds. The Kier molecular flexibility index (Phi) is 7.35. The smallest absolute Gasteiger partial charge is 0.252 e. The van der Waals surface area contributed by atoms with E-state index in [0.717, 1.165) is 5.56 Å². The molecular weight excluding hydrogens is 438 g/mol. The van der Waals surface area contributed by atoms with E-state index in [2.05, 4.69) is 5.32 Å². The van der Waals surface area contributed by atoms with Crippen LogP contribution in [0.3, 0.4) is 0 Å². The Morgan fingerprint density at radius 3 is 2.55 bits per heavy atom. The maximum atomic E-state index is 13.0. The summed E-state index contributed by atoms with van der Waals surface area (Å²) in [5, 5.41) is 3.72. The van der Waals surface area contributed by atoms with Crippen LogP contribution in [0.1, 0.15) is 18.9 Å². The van der Waals surface area contributed by atoms with Gasteiger partial charge < -0.3 is 19.7 Å². The lowest BCUT2D eigenvalue weighted by Crippen LogP contribution is -2.37. The van der Waals surface area contributed by atoms with Crippen molar-refractivity contribution in [3.8, 4) is 11.5 Å². The van der Waals surface area contributed by atoms with Gasteiger partial charge in [0.1, 0.15) is 6.04 Å². The number of carbonyl (C=O) groups excluding carboxylic acids is 2. The van der Waals surface area contributed by atoms with Gasteiger partial charge in [0.25, 0.3) is 5.91 Å². The maximum absolute atomic E-state index is 13.0. The van der Waals surface area contributed by atoms with Gasteiger partial charge in [0.15, 0.2) is 16.6 Å². The number of anilines is 1. The molecular formula is C22H24ClN3O4S. The predicted molar refractivity (Wildman–Crippen MR) is 124 cm³/mol. The molecule has 2 aromatic carbocycles. The van der Waals surface area contributed by atoms with Gasteiger partial charge in [-0.25, -0.2) is 0 Å². The van der Waals surface area contributed by atoms with Gasteiger partial charge in [-0.05, 0) is 55.0 Å². The van der Waals surface area contributed by atoms with Crippen molar-refractivity contribution in [2.75, 3.05) is 26.1 Å². The summed E-state index contributed by atoms with van der Waals surface area (Å²) in [6.07, 6.45) is -0.0325. The molecule has 1 aliphatic rings. The van der Waals surface area contributed by atoms with E-state index in [1.54, 1.807) is 49.5 Å². The van der Waals surface area contributed by atoms with Crippen LogP contribution >= 0.6 is 23.8 Å². The Labute approximate surface area is 191 Å². The molecule has 0 bridgehead atoms. The SMILES string of the molecule is CCN1C(=O)C(CC(=O)Nc2cccc(Cl)c2)N(Cc2ccc(OC)c(OC)c2)C1=S. The number of halogens is 1. The van der Waals surface area contributed by atoms with Gasteiger partial charge >= 0.3 is 0 Å². The zero-order valence-corrected chi connectivity index (χ0v) is 19.1. The van der Waals surface area contributed by atoms with Crippen LogP contribution in [0.4, 0.5) is 5.69 Å². The second kappa shape index (κ2) is 9.98. The van der Waals surface area contributed by atoms with Gasteiger partial charge in [-0.1, -0.05) is 23.7 Å². The van der Waals surface area contributed by atoms with Gasteiger partial charge in [-0.15, -0.1) is 0 Å². The molecule has 9 heteroatoms. The third-order valence-electron chi connectivity index (χ3n) is 5.01. The second-order valence-electron chi connectivity index (χ2n) is 6.96. The van der Waals surface area contributed by atoms with E-state index >= 15 is 0 Å². The number of likely N-dealkylation sites (N-methyl/N-ethyl adjacent to an activating group) is 1. The summed E-state index contributed by atoms with van der Waals surface area (Å²) in [6.45, 7) is 2.65. The van der Waals surface area contributed by atoms with Crippen molar-refractivity contribution in [3.63, 3.8) is 0 Å². The highest BCUT2D eigenvalue weighted by atomic mass is 35.5. The first-order valence-electron chi connectivity index (χ1n) is 9.76. The third-order valence-corrected chi connectivity index (χ3v) is 5.70. The van der Waals surface area contributed by atoms with Crippen LogP contribution < -0.4 is 14.8 Å². The molecule has 1 aliphatic heterocycles. The number of amides is 2. The lowest BCUT2D eigenvalue weighted by Gasteiger charge is -2.24. The molecule has 0 radical (unpaired) electrons. The van der Waals surface area contributed by atoms with E-state index in [9.17, 15) is 9.59 Å². The normalized spacial score (nSPS) is 15.9. The lowest BCUT2D eigenvalue weighted by molar-refractivity contribution is -0.130. The number of hydrogen-bond donors (Lipinski definition) is 1. The van der Waals surface area contributed by atoms with Gasteiger partial charge in [0.05, 0.1) is 20.6 Å². The molecule has 0 saturated carbocycles.